The number of pyridine rings is 1. The summed E-state index contributed by atoms with van der Waals surface area (Å²) < 4.78 is 0.733. The monoisotopic (exact) mass is 277 g/mol. The molecule has 0 saturated heterocycles. The first-order valence-electron chi connectivity index (χ1n) is 4.10. The Kier molecular flexibility index (Phi) is 3.89. The fourth-order valence-corrected chi connectivity index (χ4v) is 1.79. The summed E-state index contributed by atoms with van der Waals surface area (Å²) in [4.78, 5) is 14.8. The Morgan fingerprint density at radius 2 is 2.43 bits per heavy atom. The number of hydrogen-bond donors (Lipinski definition) is 1. The van der Waals surface area contributed by atoms with Gasteiger partial charge in [0.05, 0.1) is 5.92 Å². The maximum Gasteiger partial charge on any atom is 0.311 e. The van der Waals surface area contributed by atoms with Crippen LogP contribution < -0.4 is 0 Å². The number of carboxylic acid groups (broad SMARTS) is 1. The van der Waals surface area contributed by atoms with Gasteiger partial charge in [0.15, 0.2) is 0 Å². The van der Waals surface area contributed by atoms with E-state index in [1.807, 2.05) is 0 Å². The minimum atomic E-state index is -0.880. The molecule has 0 aromatic carbocycles. The van der Waals surface area contributed by atoms with Crippen molar-refractivity contribution in [3.05, 3.63) is 27.5 Å². The number of carbonyl (C=O) groups is 1. The molecule has 0 amide bonds. The lowest BCUT2D eigenvalue weighted by Crippen LogP contribution is -2.11. The lowest BCUT2D eigenvalue weighted by Gasteiger charge is -2.11. The average Bonchev–Trinajstić information content (AvgIpc) is 2.11. The lowest BCUT2D eigenvalue weighted by molar-refractivity contribution is -0.138. The van der Waals surface area contributed by atoms with Gasteiger partial charge in [0.2, 0.25) is 0 Å². The SMILES string of the molecule is CCC(C(=O)O)c1cc(Br)cnc1Cl. The molecule has 0 bridgehead atoms. The third kappa shape index (κ3) is 2.45. The van der Waals surface area contributed by atoms with Gasteiger partial charge in [0.25, 0.3) is 0 Å². The number of hydrogen-bond acceptors (Lipinski definition) is 2. The molecule has 0 aliphatic rings. The van der Waals surface area contributed by atoms with Gasteiger partial charge in [-0.15, -0.1) is 0 Å². The zero-order valence-corrected chi connectivity index (χ0v) is 9.84. The Labute approximate surface area is 95.2 Å². The van der Waals surface area contributed by atoms with Crippen molar-refractivity contribution in [3.63, 3.8) is 0 Å². The van der Waals surface area contributed by atoms with Crippen LogP contribution in [-0.2, 0) is 4.79 Å². The van der Waals surface area contributed by atoms with Gasteiger partial charge < -0.3 is 5.11 Å². The molecule has 5 heteroatoms. The molecule has 14 heavy (non-hydrogen) atoms. The molecule has 0 aliphatic heterocycles. The third-order valence-corrected chi connectivity index (χ3v) is 2.66. The Morgan fingerprint density at radius 3 is 2.93 bits per heavy atom. The van der Waals surface area contributed by atoms with Crippen LogP contribution in [0.25, 0.3) is 0 Å². The highest BCUT2D eigenvalue weighted by Crippen LogP contribution is 2.28. The van der Waals surface area contributed by atoms with E-state index in [4.69, 9.17) is 16.7 Å². The number of nitrogens with zero attached hydrogens (tertiary/aromatic N) is 1. The van der Waals surface area contributed by atoms with Crippen LogP contribution >= 0.6 is 27.5 Å². The van der Waals surface area contributed by atoms with Crippen molar-refractivity contribution in [2.24, 2.45) is 0 Å². The summed E-state index contributed by atoms with van der Waals surface area (Å²) in [5.41, 5.74) is 0.552. The molecule has 1 N–H and O–H groups in total. The van der Waals surface area contributed by atoms with Crippen LogP contribution in [0, 0.1) is 0 Å². The molecule has 1 rings (SSSR count). The summed E-state index contributed by atoms with van der Waals surface area (Å²) in [6, 6.07) is 1.69. The fourth-order valence-electron chi connectivity index (χ4n) is 1.21. The van der Waals surface area contributed by atoms with Gasteiger partial charge in [-0.1, -0.05) is 18.5 Å². The van der Waals surface area contributed by atoms with Crippen molar-refractivity contribution in [2.45, 2.75) is 19.3 Å². The van der Waals surface area contributed by atoms with Gasteiger partial charge in [0.1, 0.15) is 5.15 Å². The highest BCUT2D eigenvalue weighted by atomic mass is 79.9. The summed E-state index contributed by atoms with van der Waals surface area (Å²) in [6.45, 7) is 1.80. The van der Waals surface area contributed by atoms with E-state index >= 15 is 0 Å². The molecule has 0 spiro atoms. The van der Waals surface area contributed by atoms with E-state index in [0.717, 1.165) is 4.47 Å². The van der Waals surface area contributed by atoms with Crippen molar-refractivity contribution in [3.8, 4) is 0 Å². The Morgan fingerprint density at radius 1 is 1.79 bits per heavy atom. The van der Waals surface area contributed by atoms with Gasteiger partial charge in [-0.25, -0.2) is 4.98 Å². The van der Waals surface area contributed by atoms with E-state index in [9.17, 15) is 4.79 Å². The molecule has 1 aromatic rings. The minimum Gasteiger partial charge on any atom is -0.481 e. The number of aromatic nitrogens is 1. The number of halogens is 2. The van der Waals surface area contributed by atoms with Gasteiger partial charge in [-0.3, -0.25) is 4.79 Å². The standard InChI is InChI=1S/C9H9BrClNO2/c1-2-6(9(13)14)7-3-5(10)4-12-8(7)11/h3-4,6H,2H2,1H3,(H,13,14). The molecule has 0 saturated carbocycles. The largest absolute Gasteiger partial charge is 0.481 e. The quantitative estimate of drug-likeness (QED) is 0.865. The Hall–Kier alpha value is -0.610. The van der Waals surface area contributed by atoms with Crippen LogP contribution in [0.1, 0.15) is 24.8 Å². The summed E-state index contributed by atoms with van der Waals surface area (Å²) in [5.74, 6) is -1.47. The first-order chi connectivity index (χ1) is 6.56. The number of aliphatic carboxylic acids is 1. The summed E-state index contributed by atoms with van der Waals surface area (Å²) >= 11 is 9.05. The topological polar surface area (TPSA) is 50.2 Å². The van der Waals surface area contributed by atoms with Crippen LogP contribution in [0.2, 0.25) is 5.15 Å². The van der Waals surface area contributed by atoms with Crippen molar-refractivity contribution in [1.29, 1.82) is 0 Å². The smallest absolute Gasteiger partial charge is 0.311 e. The molecular weight excluding hydrogens is 269 g/mol. The zero-order valence-electron chi connectivity index (χ0n) is 7.50. The van der Waals surface area contributed by atoms with Crippen LogP contribution in [0.4, 0.5) is 0 Å². The van der Waals surface area contributed by atoms with E-state index in [1.165, 1.54) is 0 Å². The fraction of sp³-hybridized carbons (Fsp3) is 0.333. The van der Waals surface area contributed by atoms with E-state index < -0.39 is 11.9 Å². The molecular formula is C9H9BrClNO2. The summed E-state index contributed by atoms with van der Waals surface area (Å²) in [7, 11) is 0. The van der Waals surface area contributed by atoms with Crippen LogP contribution in [0.15, 0.2) is 16.7 Å². The van der Waals surface area contributed by atoms with E-state index in [-0.39, 0.29) is 5.15 Å². The lowest BCUT2D eigenvalue weighted by atomic mass is 9.99. The van der Waals surface area contributed by atoms with Crippen molar-refractivity contribution < 1.29 is 9.90 Å². The van der Waals surface area contributed by atoms with Gasteiger partial charge in [-0.05, 0) is 28.4 Å². The predicted molar refractivity (Wildman–Crippen MR) is 57.6 cm³/mol. The molecule has 0 aliphatic carbocycles. The molecule has 1 heterocycles. The number of carboxylic acids is 1. The molecule has 3 nitrogen and oxygen atoms in total. The van der Waals surface area contributed by atoms with Crippen molar-refractivity contribution in [2.75, 3.05) is 0 Å². The van der Waals surface area contributed by atoms with E-state index in [1.54, 1.807) is 19.2 Å². The summed E-state index contributed by atoms with van der Waals surface area (Å²) in [5, 5.41) is 9.19. The Bertz CT molecular complexity index is 357. The molecule has 76 valence electrons. The molecule has 1 atom stereocenters. The molecule has 1 aromatic heterocycles. The summed E-state index contributed by atoms with van der Waals surface area (Å²) in [6.07, 6.45) is 2.04. The molecule has 0 radical (unpaired) electrons. The van der Waals surface area contributed by atoms with Crippen molar-refractivity contribution >= 4 is 33.5 Å². The van der Waals surface area contributed by atoms with Gasteiger partial charge in [0, 0.05) is 16.2 Å². The highest BCUT2D eigenvalue weighted by molar-refractivity contribution is 9.10. The van der Waals surface area contributed by atoms with Crippen LogP contribution in [-0.4, -0.2) is 16.1 Å². The van der Waals surface area contributed by atoms with Crippen LogP contribution in [0.3, 0.4) is 0 Å². The maximum atomic E-state index is 10.9. The second kappa shape index (κ2) is 4.75. The molecule has 0 fully saturated rings. The average molecular weight is 279 g/mol. The predicted octanol–water partition coefficient (Wildman–Crippen LogP) is 3.08. The second-order valence-corrected chi connectivity index (χ2v) is 4.11. The van der Waals surface area contributed by atoms with Crippen molar-refractivity contribution in [1.82, 2.24) is 4.98 Å². The minimum absolute atomic E-state index is 0.252. The van der Waals surface area contributed by atoms with Gasteiger partial charge >= 0.3 is 5.97 Å². The third-order valence-electron chi connectivity index (χ3n) is 1.91. The van der Waals surface area contributed by atoms with E-state index in [2.05, 4.69) is 20.9 Å². The highest BCUT2D eigenvalue weighted by Gasteiger charge is 2.21. The number of rotatable bonds is 3. The zero-order chi connectivity index (χ0) is 10.7. The normalized spacial score (nSPS) is 12.5. The maximum absolute atomic E-state index is 10.9. The second-order valence-electron chi connectivity index (χ2n) is 2.83. The first-order valence-corrected chi connectivity index (χ1v) is 5.27. The first kappa shape index (κ1) is 11.5. The van der Waals surface area contributed by atoms with Crippen LogP contribution in [0.5, 0.6) is 0 Å². The van der Waals surface area contributed by atoms with E-state index in [0.29, 0.717) is 12.0 Å². The van der Waals surface area contributed by atoms with Gasteiger partial charge in [-0.2, -0.15) is 0 Å². The Balaban J connectivity index is 3.15. The molecule has 1 unspecified atom stereocenters.